The molecule has 144 valence electrons. The smallest absolute Gasteiger partial charge is 0.237 e. The van der Waals surface area contributed by atoms with Gasteiger partial charge in [-0.3, -0.25) is 14.7 Å². The minimum atomic E-state index is -0.613. The summed E-state index contributed by atoms with van der Waals surface area (Å²) in [6.45, 7) is 8.74. The molecule has 0 aliphatic carbocycles. The maximum Gasteiger partial charge on any atom is 0.237 e. The first-order chi connectivity index (χ1) is 12.4. The van der Waals surface area contributed by atoms with Crippen molar-refractivity contribution in [2.45, 2.75) is 51.7 Å². The van der Waals surface area contributed by atoms with E-state index in [1.807, 2.05) is 13.8 Å². The highest BCUT2D eigenvalue weighted by molar-refractivity contribution is 5.84. The Balaban J connectivity index is 1.54. The molecule has 26 heavy (non-hydrogen) atoms. The first-order valence-electron chi connectivity index (χ1n) is 9.47. The van der Waals surface area contributed by atoms with Gasteiger partial charge in [0, 0.05) is 52.4 Å². The largest absolute Gasteiger partial charge is 0.368 e. The molecule has 0 saturated carbocycles. The van der Waals surface area contributed by atoms with Gasteiger partial charge >= 0.3 is 0 Å². The molecule has 8 heteroatoms. The van der Waals surface area contributed by atoms with Crippen LogP contribution in [0.25, 0.3) is 0 Å². The fourth-order valence-corrected chi connectivity index (χ4v) is 3.69. The first-order valence-corrected chi connectivity index (χ1v) is 9.47. The molecule has 0 atom stereocenters. The molecule has 1 fully saturated rings. The third kappa shape index (κ3) is 3.85. The van der Waals surface area contributed by atoms with Gasteiger partial charge in [0.2, 0.25) is 5.91 Å². The number of aryl methyl sites for hydroxylation is 2. The predicted molar refractivity (Wildman–Crippen MR) is 102 cm³/mol. The number of guanidine groups is 1. The molecule has 0 spiro atoms. The van der Waals surface area contributed by atoms with Gasteiger partial charge in [-0.2, -0.15) is 0 Å². The van der Waals surface area contributed by atoms with E-state index in [0.717, 1.165) is 50.8 Å². The molecular formula is C18H31N7O. The van der Waals surface area contributed by atoms with Gasteiger partial charge in [-0.15, -0.1) is 0 Å². The number of carbonyl (C=O) groups excluding carboxylic acids is 1. The van der Waals surface area contributed by atoms with Gasteiger partial charge < -0.3 is 20.5 Å². The molecule has 1 aromatic rings. The molecule has 0 radical (unpaired) electrons. The van der Waals surface area contributed by atoms with Crippen LogP contribution >= 0.6 is 0 Å². The summed E-state index contributed by atoms with van der Waals surface area (Å²) in [5.74, 6) is 1.80. The Morgan fingerprint density at radius 2 is 2.00 bits per heavy atom. The van der Waals surface area contributed by atoms with Crippen LogP contribution in [-0.4, -0.2) is 70.0 Å². The van der Waals surface area contributed by atoms with E-state index in [9.17, 15) is 4.79 Å². The van der Waals surface area contributed by atoms with Crippen molar-refractivity contribution in [3.05, 3.63) is 17.7 Å². The quantitative estimate of drug-likeness (QED) is 0.589. The second-order valence-corrected chi connectivity index (χ2v) is 7.60. The van der Waals surface area contributed by atoms with E-state index in [-0.39, 0.29) is 5.91 Å². The number of carbonyl (C=O) groups is 1. The van der Waals surface area contributed by atoms with Crippen LogP contribution in [0, 0.1) is 0 Å². The molecule has 2 aliphatic heterocycles. The second-order valence-electron chi connectivity index (χ2n) is 7.60. The number of hydrogen-bond donors (Lipinski definition) is 2. The third-order valence-corrected chi connectivity index (χ3v) is 5.57. The summed E-state index contributed by atoms with van der Waals surface area (Å²) in [5, 5.41) is 3.43. The molecule has 3 rings (SSSR count). The molecule has 1 aromatic heterocycles. The standard InChI is InChI=1S/C18H31N7O/c1-18(2,16(19)26)25-10-8-23(9-11-25)17(20-3)21-12-14-13-24-7-5-4-6-15(24)22-14/h13H,4-12H2,1-3H3,(H2,19,26)(H,20,21). The molecule has 3 N–H and O–H groups in total. The fourth-order valence-electron chi connectivity index (χ4n) is 3.69. The van der Waals surface area contributed by atoms with Crippen molar-refractivity contribution < 1.29 is 4.79 Å². The number of imidazole rings is 1. The Morgan fingerprint density at radius 3 is 2.62 bits per heavy atom. The van der Waals surface area contributed by atoms with Gasteiger partial charge in [-0.1, -0.05) is 0 Å². The van der Waals surface area contributed by atoms with Crippen LogP contribution in [0.15, 0.2) is 11.2 Å². The van der Waals surface area contributed by atoms with Crippen LogP contribution in [0.3, 0.4) is 0 Å². The molecule has 1 saturated heterocycles. The maximum absolute atomic E-state index is 11.7. The SMILES string of the molecule is CN=C(NCc1cn2c(n1)CCCC2)N1CCN(C(C)(C)C(N)=O)CC1. The summed E-state index contributed by atoms with van der Waals surface area (Å²) in [4.78, 5) is 25.2. The predicted octanol–water partition coefficient (Wildman–Crippen LogP) is 0.176. The highest BCUT2D eigenvalue weighted by Gasteiger charge is 2.35. The third-order valence-electron chi connectivity index (χ3n) is 5.57. The highest BCUT2D eigenvalue weighted by Crippen LogP contribution is 2.17. The zero-order valence-electron chi connectivity index (χ0n) is 16.2. The second kappa shape index (κ2) is 7.65. The molecule has 0 aromatic carbocycles. The number of aromatic nitrogens is 2. The zero-order chi connectivity index (χ0) is 18.7. The molecule has 8 nitrogen and oxygen atoms in total. The summed E-state index contributed by atoms with van der Waals surface area (Å²) in [5.41, 5.74) is 5.99. The summed E-state index contributed by atoms with van der Waals surface area (Å²) >= 11 is 0. The number of nitrogens with zero attached hydrogens (tertiary/aromatic N) is 5. The minimum Gasteiger partial charge on any atom is -0.368 e. The summed E-state index contributed by atoms with van der Waals surface area (Å²) in [7, 11) is 1.81. The van der Waals surface area contributed by atoms with Gasteiger partial charge in [0.1, 0.15) is 5.82 Å². The fraction of sp³-hybridized carbons (Fsp3) is 0.722. The van der Waals surface area contributed by atoms with E-state index in [0.29, 0.717) is 6.54 Å². The lowest BCUT2D eigenvalue weighted by molar-refractivity contribution is -0.129. The molecule has 0 bridgehead atoms. The van der Waals surface area contributed by atoms with Gasteiger partial charge in [-0.05, 0) is 26.7 Å². The number of amides is 1. The van der Waals surface area contributed by atoms with Crippen molar-refractivity contribution in [1.82, 2.24) is 24.7 Å². The van der Waals surface area contributed by atoms with Gasteiger partial charge in [0.15, 0.2) is 5.96 Å². The normalized spacial score (nSPS) is 19.3. The number of aliphatic imine (C=N–C) groups is 1. The van der Waals surface area contributed by atoms with Crippen LogP contribution in [0.5, 0.6) is 0 Å². The minimum absolute atomic E-state index is 0.280. The Kier molecular flexibility index (Phi) is 5.50. The number of primary amides is 1. The van der Waals surface area contributed by atoms with Crippen molar-refractivity contribution in [2.24, 2.45) is 10.7 Å². The first kappa shape index (κ1) is 18.7. The maximum atomic E-state index is 11.7. The average molecular weight is 361 g/mol. The number of nitrogens with one attached hydrogen (secondary N) is 1. The zero-order valence-corrected chi connectivity index (χ0v) is 16.2. The topological polar surface area (TPSA) is 91.8 Å². The lowest BCUT2D eigenvalue weighted by Gasteiger charge is -2.43. The van der Waals surface area contributed by atoms with Crippen molar-refractivity contribution >= 4 is 11.9 Å². The van der Waals surface area contributed by atoms with E-state index >= 15 is 0 Å². The van der Waals surface area contributed by atoms with Crippen molar-refractivity contribution in [2.75, 3.05) is 33.2 Å². The number of piperazine rings is 1. The van der Waals surface area contributed by atoms with Crippen molar-refractivity contribution in [3.8, 4) is 0 Å². The van der Waals surface area contributed by atoms with E-state index in [4.69, 9.17) is 10.7 Å². The van der Waals surface area contributed by atoms with Gasteiger partial charge in [0.25, 0.3) is 0 Å². The Bertz CT molecular complexity index is 648. The molecule has 3 heterocycles. The lowest BCUT2D eigenvalue weighted by atomic mass is 10.0. The highest BCUT2D eigenvalue weighted by atomic mass is 16.1. The summed E-state index contributed by atoms with van der Waals surface area (Å²) in [6, 6.07) is 0. The van der Waals surface area contributed by atoms with Crippen LogP contribution in [0.4, 0.5) is 0 Å². The Hall–Kier alpha value is -2.09. The van der Waals surface area contributed by atoms with E-state index in [1.165, 1.54) is 18.7 Å². The number of fused-ring (bicyclic) bond motifs is 1. The van der Waals surface area contributed by atoms with Gasteiger partial charge in [0.05, 0.1) is 17.8 Å². The molecule has 2 aliphatic rings. The average Bonchev–Trinajstić information content (AvgIpc) is 3.05. The molecular weight excluding hydrogens is 330 g/mol. The number of hydrogen-bond acceptors (Lipinski definition) is 4. The summed E-state index contributed by atoms with van der Waals surface area (Å²) in [6.07, 6.45) is 5.70. The van der Waals surface area contributed by atoms with Crippen LogP contribution in [0.1, 0.15) is 38.2 Å². The Morgan fingerprint density at radius 1 is 1.27 bits per heavy atom. The van der Waals surface area contributed by atoms with Crippen LogP contribution < -0.4 is 11.1 Å². The molecule has 1 amide bonds. The van der Waals surface area contributed by atoms with Crippen molar-refractivity contribution in [3.63, 3.8) is 0 Å². The monoisotopic (exact) mass is 361 g/mol. The number of rotatable bonds is 4. The van der Waals surface area contributed by atoms with Crippen molar-refractivity contribution in [1.29, 1.82) is 0 Å². The van der Waals surface area contributed by atoms with Crippen LogP contribution in [0.2, 0.25) is 0 Å². The molecule has 0 unspecified atom stereocenters. The number of nitrogens with two attached hydrogens (primary N) is 1. The summed E-state index contributed by atoms with van der Waals surface area (Å²) < 4.78 is 2.27. The van der Waals surface area contributed by atoms with E-state index in [1.54, 1.807) is 7.05 Å². The lowest BCUT2D eigenvalue weighted by Crippen LogP contribution is -2.61. The Labute approximate surface area is 155 Å². The van der Waals surface area contributed by atoms with Crippen LogP contribution in [-0.2, 0) is 24.3 Å². The van der Waals surface area contributed by atoms with Gasteiger partial charge in [-0.25, -0.2) is 4.98 Å². The van der Waals surface area contributed by atoms with E-state index in [2.05, 4.69) is 30.9 Å². The van der Waals surface area contributed by atoms with E-state index < -0.39 is 5.54 Å².